The molecule has 0 aliphatic carbocycles. The van der Waals surface area contributed by atoms with Crippen molar-refractivity contribution in [3.63, 3.8) is 0 Å². The zero-order valence-corrected chi connectivity index (χ0v) is 21.5. The molecule has 11 heteroatoms. The van der Waals surface area contributed by atoms with Crippen molar-refractivity contribution in [2.45, 2.75) is 57.3 Å². The number of carboxylic acids is 1. The van der Waals surface area contributed by atoms with Crippen molar-refractivity contribution in [1.82, 2.24) is 16.0 Å². The molecule has 38 heavy (non-hydrogen) atoms. The van der Waals surface area contributed by atoms with Crippen LogP contribution in [0.15, 0.2) is 54.6 Å². The molecule has 0 saturated heterocycles. The minimum Gasteiger partial charge on any atom is -0.508 e. The van der Waals surface area contributed by atoms with E-state index in [9.17, 15) is 34.5 Å². The maximum atomic E-state index is 13.2. The van der Waals surface area contributed by atoms with E-state index in [-0.39, 0.29) is 24.5 Å². The van der Waals surface area contributed by atoms with E-state index in [4.69, 9.17) is 5.73 Å². The number of rotatable bonds is 14. The van der Waals surface area contributed by atoms with Gasteiger partial charge >= 0.3 is 5.97 Å². The van der Waals surface area contributed by atoms with Gasteiger partial charge < -0.3 is 37.0 Å². The standard InChI is InChI=1S/C27H36N4O7/c1-16(2)12-20(28)24(34)31-23(15-32)26(36)29-21(13-18-8-10-19(33)11-9-18)25(35)30-22(27(37)38)14-17-6-4-3-5-7-17/h3-11,16,20-23,32-33H,12-15,28H2,1-2H3,(H,29,36)(H,30,35)(H,31,34)(H,37,38). The van der Waals surface area contributed by atoms with Crippen molar-refractivity contribution in [3.05, 3.63) is 65.7 Å². The van der Waals surface area contributed by atoms with E-state index in [1.165, 1.54) is 12.1 Å². The summed E-state index contributed by atoms with van der Waals surface area (Å²) < 4.78 is 0. The van der Waals surface area contributed by atoms with E-state index < -0.39 is 54.5 Å². The summed E-state index contributed by atoms with van der Waals surface area (Å²) in [6.45, 7) is 3.03. The van der Waals surface area contributed by atoms with E-state index in [0.717, 1.165) is 0 Å². The Hall–Kier alpha value is -3.96. The summed E-state index contributed by atoms with van der Waals surface area (Å²) in [6.07, 6.45) is 0.342. The first-order valence-electron chi connectivity index (χ1n) is 12.3. The molecule has 0 saturated carbocycles. The van der Waals surface area contributed by atoms with Crippen molar-refractivity contribution in [2.75, 3.05) is 6.61 Å². The van der Waals surface area contributed by atoms with E-state index in [2.05, 4.69) is 16.0 Å². The number of amides is 3. The molecule has 0 heterocycles. The Morgan fingerprint density at radius 1 is 0.763 bits per heavy atom. The van der Waals surface area contributed by atoms with Gasteiger partial charge in [0.15, 0.2) is 0 Å². The zero-order chi connectivity index (χ0) is 28.2. The number of nitrogens with one attached hydrogen (secondary N) is 3. The molecule has 0 radical (unpaired) electrons. The van der Waals surface area contributed by atoms with Crippen LogP contribution >= 0.6 is 0 Å². The van der Waals surface area contributed by atoms with E-state index >= 15 is 0 Å². The number of phenolic OH excluding ortho intramolecular Hbond substituents is 1. The third-order valence-electron chi connectivity index (χ3n) is 5.78. The van der Waals surface area contributed by atoms with Crippen LogP contribution in [-0.4, -0.2) is 69.8 Å². The van der Waals surface area contributed by atoms with Gasteiger partial charge in [0.2, 0.25) is 17.7 Å². The second-order valence-electron chi connectivity index (χ2n) is 9.50. The lowest BCUT2D eigenvalue weighted by Crippen LogP contribution is -2.58. The van der Waals surface area contributed by atoms with Gasteiger partial charge in [-0.3, -0.25) is 14.4 Å². The van der Waals surface area contributed by atoms with Crippen molar-refractivity contribution in [2.24, 2.45) is 11.7 Å². The van der Waals surface area contributed by atoms with Crippen molar-refractivity contribution >= 4 is 23.7 Å². The van der Waals surface area contributed by atoms with Crippen molar-refractivity contribution < 1.29 is 34.5 Å². The molecule has 0 spiro atoms. The molecule has 0 fully saturated rings. The predicted molar refractivity (Wildman–Crippen MR) is 140 cm³/mol. The largest absolute Gasteiger partial charge is 0.508 e. The molecular weight excluding hydrogens is 492 g/mol. The van der Waals surface area contributed by atoms with Crippen LogP contribution in [0, 0.1) is 5.92 Å². The SMILES string of the molecule is CC(C)CC(N)C(=O)NC(CO)C(=O)NC(Cc1ccc(O)cc1)C(=O)NC(Cc1ccccc1)C(=O)O. The van der Waals surface area contributed by atoms with Crippen LogP contribution in [0.25, 0.3) is 0 Å². The summed E-state index contributed by atoms with van der Waals surface area (Å²) in [7, 11) is 0. The minimum absolute atomic E-state index is 0.00776. The summed E-state index contributed by atoms with van der Waals surface area (Å²) in [5, 5.41) is 36.3. The molecule has 2 rings (SSSR count). The van der Waals surface area contributed by atoms with Crippen LogP contribution < -0.4 is 21.7 Å². The molecule has 4 atom stereocenters. The first kappa shape index (κ1) is 30.3. The molecule has 0 aromatic heterocycles. The summed E-state index contributed by atoms with van der Waals surface area (Å²) in [6, 6.07) is 9.89. The van der Waals surface area contributed by atoms with Crippen molar-refractivity contribution in [3.8, 4) is 5.75 Å². The van der Waals surface area contributed by atoms with Crippen LogP contribution in [-0.2, 0) is 32.0 Å². The number of carbonyl (C=O) groups is 4. The van der Waals surface area contributed by atoms with Gasteiger partial charge in [-0.1, -0.05) is 56.3 Å². The number of aliphatic carboxylic acids is 1. The molecule has 0 bridgehead atoms. The van der Waals surface area contributed by atoms with Gasteiger partial charge in [-0.25, -0.2) is 4.79 Å². The Morgan fingerprint density at radius 3 is 1.82 bits per heavy atom. The molecule has 0 aliphatic heterocycles. The smallest absolute Gasteiger partial charge is 0.326 e. The van der Waals surface area contributed by atoms with Crippen LogP contribution in [0.4, 0.5) is 0 Å². The lowest BCUT2D eigenvalue weighted by atomic mass is 10.0. The Labute approximate surface area is 221 Å². The Kier molecular flexibility index (Phi) is 11.7. The Balaban J connectivity index is 2.20. The van der Waals surface area contributed by atoms with Gasteiger partial charge in [-0.05, 0) is 35.6 Å². The molecular formula is C27H36N4O7. The van der Waals surface area contributed by atoms with E-state index in [1.54, 1.807) is 42.5 Å². The summed E-state index contributed by atoms with van der Waals surface area (Å²) in [4.78, 5) is 50.4. The monoisotopic (exact) mass is 528 g/mol. The topological polar surface area (TPSA) is 191 Å². The molecule has 0 aliphatic rings. The highest BCUT2D eigenvalue weighted by Gasteiger charge is 2.30. The lowest BCUT2D eigenvalue weighted by Gasteiger charge is -2.25. The minimum atomic E-state index is -1.38. The van der Waals surface area contributed by atoms with Gasteiger partial charge in [0.1, 0.15) is 23.9 Å². The lowest BCUT2D eigenvalue weighted by molar-refractivity contribution is -0.142. The average molecular weight is 529 g/mol. The first-order valence-corrected chi connectivity index (χ1v) is 12.3. The molecule has 2 aromatic carbocycles. The molecule has 3 amide bonds. The fourth-order valence-corrected chi connectivity index (χ4v) is 3.76. The number of aromatic hydroxyl groups is 1. The third-order valence-corrected chi connectivity index (χ3v) is 5.78. The van der Waals surface area contributed by atoms with Gasteiger partial charge in [-0.15, -0.1) is 0 Å². The maximum absolute atomic E-state index is 13.2. The third kappa shape index (κ3) is 9.83. The number of carbonyl (C=O) groups excluding carboxylic acids is 3. The van der Waals surface area contributed by atoms with Gasteiger partial charge in [0.25, 0.3) is 0 Å². The highest BCUT2D eigenvalue weighted by atomic mass is 16.4. The fraction of sp³-hybridized carbons (Fsp3) is 0.407. The number of hydrogen-bond donors (Lipinski definition) is 7. The number of phenols is 1. The molecule has 206 valence electrons. The van der Waals surface area contributed by atoms with Gasteiger partial charge in [0, 0.05) is 12.8 Å². The van der Waals surface area contributed by atoms with Gasteiger partial charge in [-0.2, -0.15) is 0 Å². The summed E-state index contributed by atoms with van der Waals surface area (Å²) in [5.41, 5.74) is 7.13. The number of aliphatic hydroxyl groups excluding tert-OH is 1. The van der Waals surface area contributed by atoms with Gasteiger partial charge in [0.05, 0.1) is 12.6 Å². The predicted octanol–water partition coefficient (Wildman–Crippen LogP) is 0.0821. The number of hydrogen-bond acceptors (Lipinski definition) is 7. The first-order chi connectivity index (χ1) is 18.0. The number of nitrogens with two attached hydrogens (primary N) is 1. The summed E-state index contributed by atoms with van der Waals surface area (Å²) >= 11 is 0. The van der Waals surface area contributed by atoms with E-state index in [1.807, 2.05) is 13.8 Å². The van der Waals surface area contributed by atoms with Crippen LogP contribution in [0.5, 0.6) is 5.75 Å². The molecule has 4 unspecified atom stereocenters. The highest BCUT2D eigenvalue weighted by Crippen LogP contribution is 2.12. The average Bonchev–Trinajstić information content (AvgIpc) is 2.87. The van der Waals surface area contributed by atoms with Crippen molar-refractivity contribution in [1.29, 1.82) is 0 Å². The number of carboxylic acid groups (broad SMARTS) is 1. The quantitative estimate of drug-likeness (QED) is 0.179. The second-order valence-corrected chi connectivity index (χ2v) is 9.50. The highest BCUT2D eigenvalue weighted by molar-refractivity contribution is 5.94. The van der Waals surface area contributed by atoms with Crippen LogP contribution in [0.3, 0.4) is 0 Å². The Bertz CT molecular complexity index is 1080. The molecule has 2 aromatic rings. The molecule has 11 nitrogen and oxygen atoms in total. The van der Waals surface area contributed by atoms with E-state index in [0.29, 0.717) is 17.5 Å². The molecule has 8 N–H and O–H groups in total. The Morgan fingerprint density at radius 2 is 1.26 bits per heavy atom. The normalized spacial score (nSPS) is 14.1. The van der Waals surface area contributed by atoms with Crippen LogP contribution in [0.2, 0.25) is 0 Å². The maximum Gasteiger partial charge on any atom is 0.326 e. The zero-order valence-electron chi connectivity index (χ0n) is 21.5. The second kappa shape index (κ2) is 14.7. The number of aliphatic hydroxyl groups is 1. The fourth-order valence-electron chi connectivity index (χ4n) is 3.76. The van der Waals surface area contributed by atoms with Crippen LogP contribution in [0.1, 0.15) is 31.4 Å². The number of benzene rings is 2. The summed E-state index contributed by atoms with van der Waals surface area (Å²) in [5.74, 6) is -3.35.